The summed E-state index contributed by atoms with van der Waals surface area (Å²) in [6.45, 7) is 0. The zero-order chi connectivity index (χ0) is 3.54. The van der Waals surface area contributed by atoms with Crippen LogP contribution in [0.1, 0.15) is 6.42 Å². The Morgan fingerprint density at radius 1 is 1.50 bits per heavy atom. The van der Waals surface area contributed by atoms with E-state index < -0.39 is 0 Å². The van der Waals surface area contributed by atoms with E-state index in [1.165, 1.54) is 0 Å². The van der Waals surface area contributed by atoms with Crippen LogP contribution in [0.2, 0.25) is 0 Å². The minimum absolute atomic E-state index is 0. The van der Waals surface area contributed by atoms with Crippen molar-refractivity contribution >= 4 is 0 Å². The summed E-state index contributed by atoms with van der Waals surface area (Å²) in [5.74, 6) is 0. The second kappa shape index (κ2) is 3.30. The van der Waals surface area contributed by atoms with Gasteiger partial charge in [-0.05, 0) is 0 Å². The van der Waals surface area contributed by atoms with Crippen LogP contribution >= 0.6 is 0 Å². The molecule has 0 heterocycles. The van der Waals surface area contributed by atoms with E-state index in [4.69, 9.17) is 0 Å². The molecule has 32 valence electrons. The molecule has 0 amide bonds. The van der Waals surface area contributed by atoms with Gasteiger partial charge >= 0.3 is 19.5 Å². The van der Waals surface area contributed by atoms with Crippen molar-refractivity contribution in [1.82, 2.24) is 0 Å². The fraction of sp³-hybridized carbons (Fsp3) is 0.200. The second-order valence-corrected chi connectivity index (χ2v) is 1.00. The summed E-state index contributed by atoms with van der Waals surface area (Å²) in [6.07, 6.45) is 10.0. The van der Waals surface area contributed by atoms with Crippen LogP contribution in [0.5, 0.6) is 0 Å². The molecular formula is C5H5Ru+. The Kier molecular flexibility index (Phi) is 3.36. The number of rotatable bonds is 0. The average Bonchev–Trinajstić information content (AvgIpc) is 1.76. The first-order valence-corrected chi connectivity index (χ1v) is 1.72. The largest absolute Gasteiger partial charge is 2.00 e. The quantitative estimate of drug-likeness (QED) is 0.376. The molecule has 0 fully saturated rings. The van der Waals surface area contributed by atoms with Crippen molar-refractivity contribution in [3.05, 3.63) is 24.3 Å². The molecule has 0 aromatic rings. The molecule has 0 aromatic carbocycles. The Hall–Kier alpha value is 0.103. The zero-order valence-electron chi connectivity index (χ0n) is 3.29. The van der Waals surface area contributed by atoms with E-state index in [9.17, 15) is 0 Å². The molecule has 1 aliphatic rings. The number of hydrogen-bond donors (Lipinski definition) is 0. The fourth-order valence-electron chi connectivity index (χ4n) is 0.340. The Balaban J connectivity index is 0.000000250. The maximum atomic E-state index is 2.99. The molecule has 0 radical (unpaired) electrons. The minimum Gasteiger partial charge on any atom is -0.273 e. The molecule has 0 N–H and O–H groups in total. The summed E-state index contributed by atoms with van der Waals surface area (Å²) < 4.78 is 0. The molecule has 1 heteroatoms. The van der Waals surface area contributed by atoms with Crippen LogP contribution in [0.4, 0.5) is 0 Å². The normalized spacial score (nSPS) is 14.7. The van der Waals surface area contributed by atoms with Crippen LogP contribution in [-0.4, -0.2) is 0 Å². The molecule has 1 aliphatic carbocycles. The van der Waals surface area contributed by atoms with Gasteiger partial charge in [-0.3, -0.25) is 6.08 Å². The molecule has 0 spiro atoms. The molecule has 0 atom stereocenters. The zero-order valence-corrected chi connectivity index (χ0v) is 5.03. The first-order valence-electron chi connectivity index (χ1n) is 1.72. The van der Waals surface area contributed by atoms with Crippen LogP contribution in [0.15, 0.2) is 18.2 Å². The van der Waals surface area contributed by atoms with Crippen LogP contribution in [0, 0.1) is 6.08 Å². The van der Waals surface area contributed by atoms with Gasteiger partial charge in [-0.25, -0.2) is 12.2 Å². The second-order valence-electron chi connectivity index (χ2n) is 1.00. The molecule has 0 saturated carbocycles. The van der Waals surface area contributed by atoms with Gasteiger partial charge in [0.15, 0.2) is 0 Å². The van der Waals surface area contributed by atoms with E-state index >= 15 is 0 Å². The molecule has 1 rings (SSSR count). The Bertz CT molecular complexity index is 62.0. The van der Waals surface area contributed by atoms with E-state index in [1.807, 2.05) is 12.2 Å². The molecule has 0 nitrogen and oxygen atoms in total. The summed E-state index contributed by atoms with van der Waals surface area (Å²) in [6, 6.07) is 0. The van der Waals surface area contributed by atoms with Crippen molar-refractivity contribution < 1.29 is 19.5 Å². The molecule has 0 aromatic heterocycles. The van der Waals surface area contributed by atoms with Crippen LogP contribution < -0.4 is 0 Å². The predicted molar refractivity (Wildman–Crippen MR) is 21.6 cm³/mol. The van der Waals surface area contributed by atoms with Gasteiger partial charge in [0, 0.05) is 0 Å². The Morgan fingerprint density at radius 3 is 2.50 bits per heavy atom. The van der Waals surface area contributed by atoms with Crippen molar-refractivity contribution in [1.29, 1.82) is 0 Å². The monoisotopic (exact) mass is 167 g/mol. The van der Waals surface area contributed by atoms with E-state index in [-0.39, 0.29) is 19.5 Å². The Labute approximate surface area is 50.7 Å². The summed E-state index contributed by atoms with van der Waals surface area (Å²) in [4.78, 5) is 0. The third-order valence-electron chi connectivity index (χ3n) is 0.586. The van der Waals surface area contributed by atoms with Crippen LogP contribution in [0.25, 0.3) is 0 Å². The van der Waals surface area contributed by atoms with Crippen molar-refractivity contribution in [2.45, 2.75) is 6.42 Å². The van der Waals surface area contributed by atoms with E-state index in [0.717, 1.165) is 6.42 Å². The van der Waals surface area contributed by atoms with E-state index in [1.54, 1.807) is 0 Å². The van der Waals surface area contributed by atoms with Gasteiger partial charge in [-0.15, -0.1) is 6.42 Å². The fourth-order valence-corrected chi connectivity index (χ4v) is 0.340. The maximum absolute atomic E-state index is 2.99. The van der Waals surface area contributed by atoms with Gasteiger partial charge in [0.05, 0.1) is 0 Å². The van der Waals surface area contributed by atoms with Gasteiger partial charge in [0.25, 0.3) is 0 Å². The first kappa shape index (κ1) is 6.10. The maximum Gasteiger partial charge on any atom is 2.00 e. The van der Waals surface area contributed by atoms with Crippen molar-refractivity contribution in [2.24, 2.45) is 0 Å². The smallest absolute Gasteiger partial charge is 0.273 e. The first-order chi connectivity index (χ1) is 2.50. The molecule has 0 saturated heterocycles. The standard InChI is InChI=1S/C5H5.Ru/c1-2-4-5-3-1;/h1-3H,4H2;/q-1;+2. The molecule has 0 aliphatic heterocycles. The van der Waals surface area contributed by atoms with Crippen LogP contribution in [0.3, 0.4) is 0 Å². The molecular weight excluding hydrogens is 161 g/mol. The summed E-state index contributed by atoms with van der Waals surface area (Å²) in [7, 11) is 0. The topological polar surface area (TPSA) is 0 Å². The number of allylic oxidation sites excluding steroid dienone is 4. The Morgan fingerprint density at radius 2 is 2.33 bits per heavy atom. The third kappa shape index (κ3) is 1.52. The minimum atomic E-state index is 0. The third-order valence-corrected chi connectivity index (χ3v) is 0.586. The van der Waals surface area contributed by atoms with Gasteiger partial charge in [-0.1, -0.05) is 0 Å². The molecule has 6 heavy (non-hydrogen) atoms. The van der Waals surface area contributed by atoms with Crippen molar-refractivity contribution in [2.75, 3.05) is 0 Å². The average molecular weight is 166 g/mol. The summed E-state index contributed by atoms with van der Waals surface area (Å²) in [5, 5.41) is 0. The van der Waals surface area contributed by atoms with Gasteiger partial charge in [0.1, 0.15) is 0 Å². The number of hydrogen-bond acceptors (Lipinski definition) is 0. The van der Waals surface area contributed by atoms with Gasteiger partial charge < -0.3 is 0 Å². The molecule has 0 unspecified atom stereocenters. The summed E-state index contributed by atoms with van der Waals surface area (Å²) in [5.41, 5.74) is 0. The molecule has 0 bridgehead atoms. The van der Waals surface area contributed by atoms with Crippen LogP contribution in [-0.2, 0) is 19.5 Å². The van der Waals surface area contributed by atoms with E-state index in [0.29, 0.717) is 0 Å². The van der Waals surface area contributed by atoms with E-state index in [2.05, 4.69) is 12.2 Å². The SMILES string of the molecule is [C-]1=CC=CC1.[Ru+2]. The summed E-state index contributed by atoms with van der Waals surface area (Å²) >= 11 is 0. The van der Waals surface area contributed by atoms with Crippen molar-refractivity contribution in [3.8, 4) is 0 Å². The predicted octanol–water partition coefficient (Wildman–Crippen LogP) is 1.30. The van der Waals surface area contributed by atoms with Gasteiger partial charge in [0.2, 0.25) is 0 Å². The van der Waals surface area contributed by atoms with Crippen molar-refractivity contribution in [3.63, 3.8) is 0 Å². The van der Waals surface area contributed by atoms with Gasteiger partial charge in [-0.2, -0.15) is 6.08 Å².